The number of aromatic carboxylic acids is 1. The summed E-state index contributed by atoms with van der Waals surface area (Å²) in [6.07, 6.45) is 5.30. The van der Waals surface area contributed by atoms with Crippen LogP contribution in [0, 0.1) is 11.2 Å². The van der Waals surface area contributed by atoms with Crippen LogP contribution in [0.1, 0.15) is 55.9 Å². The smallest absolute Gasteiger partial charge is 0.341 e. The molecule has 0 unspecified atom stereocenters. The van der Waals surface area contributed by atoms with Gasteiger partial charge in [-0.15, -0.1) is 12.4 Å². The van der Waals surface area contributed by atoms with E-state index in [0.29, 0.717) is 30.0 Å². The van der Waals surface area contributed by atoms with Crippen molar-refractivity contribution in [2.24, 2.45) is 5.41 Å². The molecule has 2 N–H and O–H groups in total. The predicted molar refractivity (Wildman–Crippen MR) is 123 cm³/mol. The minimum Gasteiger partial charge on any atom is -0.492 e. The Morgan fingerprint density at radius 1 is 1.31 bits per heavy atom. The van der Waals surface area contributed by atoms with E-state index in [9.17, 15) is 14.7 Å². The number of hydrogen-bond donors (Lipinski definition) is 2. The molecule has 9 heteroatoms. The summed E-state index contributed by atoms with van der Waals surface area (Å²) in [7, 11) is 1.48. The molecule has 0 bridgehead atoms. The second-order valence-corrected chi connectivity index (χ2v) is 9.73. The molecule has 0 amide bonds. The maximum absolute atomic E-state index is 15.6. The van der Waals surface area contributed by atoms with E-state index >= 15 is 4.39 Å². The first-order chi connectivity index (χ1) is 14.7. The molecule has 2 aromatic rings. The van der Waals surface area contributed by atoms with Crippen LogP contribution in [0.15, 0.2) is 17.1 Å². The van der Waals surface area contributed by atoms with Crippen LogP contribution in [0.25, 0.3) is 10.9 Å². The van der Waals surface area contributed by atoms with Crippen LogP contribution < -0.4 is 20.4 Å². The Morgan fingerprint density at radius 2 is 2.03 bits per heavy atom. The van der Waals surface area contributed by atoms with Crippen molar-refractivity contribution in [1.29, 1.82) is 0 Å². The highest BCUT2D eigenvalue weighted by Crippen LogP contribution is 2.50. The van der Waals surface area contributed by atoms with Gasteiger partial charge in [-0.05, 0) is 45.2 Å². The zero-order valence-electron chi connectivity index (χ0n) is 18.5. The summed E-state index contributed by atoms with van der Waals surface area (Å²) in [6.45, 7) is 6.68. The standard InChI is InChI=1S/C23H28FN3O4.ClH/c1-22-7-4-8-25-23(22,2)12-26(11-22)18-16(24)9-14-17(20(18)31-3)27(13-5-6-13)10-15(19(14)28)21(29)30;/h9-10,13,25H,4-8,11-12H2,1-3H3,(H,29,30);1H/t22-,23+;/m0./s1. The minimum absolute atomic E-state index is 0. The summed E-state index contributed by atoms with van der Waals surface area (Å²) < 4.78 is 23.1. The molecule has 3 heterocycles. The Hall–Kier alpha value is -2.32. The van der Waals surface area contributed by atoms with Gasteiger partial charge in [0.2, 0.25) is 5.43 Å². The lowest BCUT2D eigenvalue weighted by Crippen LogP contribution is -2.58. The molecular formula is C23H29ClFN3O4. The van der Waals surface area contributed by atoms with Gasteiger partial charge in [-0.3, -0.25) is 4.79 Å². The van der Waals surface area contributed by atoms with Crippen molar-refractivity contribution in [1.82, 2.24) is 9.88 Å². The van der Waals surface area contributed by atoms with E-state index in [1.54, 1.807) is 4.57 Å². The number of ether oxygens (including phenoxy) is 1. The fourth-order valence-corrected chi connectivity index (χ4v) is 5.57. The highest BCUT2D eigenvalue weighted by molar-refractivity contribution is 5.97. The summed E-state index contributed by atoms with van der Waals surface area (Å²) in [6, 6.07) is 1.28. The number of aromatic nitrogens is 1. The lowest BCUT2D eigenvalue weighted by atomic mass is 9.69. The normalized spacial score (nSPS) is 27.2. The molecule has 2 aliphatic heterocycles. The molecule has 32 heavy (non-hydrogen) atoms. The summed E-state index contributed by atoms with van der Waals surface area (Å²) in [4.78, 5) is 26.5. The first kappa shape index (κ1) is 22.9. The lowest BCUT2D eigenvalue weighted by molar-refractivity contribution is 0.0695. The van der Waals surface area contributed by atoms with Crippen molar-refractivity contribution in [3.8, 4) is 5.75 Å². The average Bonchev–Trinajstić information content (AvgIpc) is 3.50. The third-order valence-corrected chi connectivity index (χ3v) is 7.69. The molecule has 3 aliphatic rings. The van der Waals surface area contributed by atoms with E-state index in [4.69, 9.17) is 4.74 Å². The van der Waals surface area contributed by atoms with Gasteiger partial charge in [0.15, 0.2) is 11.6 Å². The minimum atomic E-state index is -1.31. The van der Waals surface area contributed by atoms with E-state index in [0.717, 1.165) is 32.2 Å². The number of piperidine rings is 1. The van der Waals surface area contributed by atoms with Crippen LogP contribution in [0.3, 0.4) is 0 Å². The topological polar surface area (TPSA) is 83.8 Å². The van der Waals surface area contributed by atoms with Crippen molar-refractivity contribution in [3.05, 3.63) is 33.9 Å². The third-order valence-electron chi connectivity index (χ3n) is 7.69. The number of carboxylic acids is 1. The summed E-state index contributed by atoms with van der Waals surface area (Å²) in [5.41, 5.74) is -0.356. The molecule has 1 aromatic heterocycles. The van der Waals surface area contributed by atoms with E-state index in [1.165, 1.54) is 19.4 Å². The highest BCUT2D eigenvalue weighted by Gasteiger charge is 2.53. The molecule has 1 aliphatic carbocycles. The number of hydrogen-bond acceptors (Lipinski definition) is 5. The lowest BCUT2D eigenvalue weighted by Gasteiger charge is -2.44. The molecule has 3 fully saturated rings. The van der Waals surface area contributed by atoms with Gasteiger partial charge in [0, 0.05) is 36.3 Å². The molecule has 0 radical (unpaired) electrons. The fourth-order valence-electron chi connectivity index (χ4n) is 5.57. The highest BCUT2D eigenvalue weighted by atomic mass is 35.5. The van der Waals surface area contributed by atoms with Crippen molar-refractivity contribution >= 4 is 35.0 Å². The predicted octanol–water partition coefficient (Wildman–Crippen LogP) is 3.57. The van der Waals surface area contributed by atoms with E-state index in [1.807, 2.05) is 4.90 Å². The number of benzene rings is 1. The molecule has 2 saturated heterocycles. The number of fused-ring (bicyclic) bond motifs is 2. The number of carboxylic acid groups (broad SMARTS) is 1. The quantitative estimate of drug-likeness (QED) is 0.718. The zero-order valence-corrected chi connectivity index (χ0v) is 19.4. The number of nitrogens with one attached hydrogen (secondary N) is 1. The largest absolute Gasteiger partial charge is 0.492 e. The van der Waals surface area contributed by atoms with Crippen LogP contribution in [0.2, 0.25) is 0 Å². The SMILES string of the molecule is COc1c(N2C[C@]3(C)CCCN[C@]3(C)C2)c(F)cc2c(=O)c(C(=O)O)cn(C3CC3)c12.Cl. The van der Waals surface area contributed by atoms with Crippen molar-refractivity contribution in [2.45, 2.75) is 51.1 Å². The molecule has 5 rings (SSSR count). The monoisotopic (exact) mass is 465 g/mol. The van der Waals surface area contributed by atoms with Crippen LogP contribution >= 0.6 is 12.4 Å². The second kappa shape index (κ2) is 7.63. The molecule has 7 nitrogen and oxygen atoms in total. The van der Waals surface area contributed by atoms with Gasteiger partial charge >= 0.3 is 5.97 Å². The van der Waals surface area contributed by atoms with Gasteiger partial charge < -0.3 is 24.6 Å². The summed E-state index contributed by atoms with van der Waals surface area (Å²) >= 11 is 0. The van der Waals surface area contributed by atoms with E-state index < -0.39 is 17.2 Å². The Labute approximate surface area is 191 Å². The van der Waals surface area contributed by atoms with Crippen molar-refractivity contribution in [2.75, 3.05) is 31.6 Å². The number of rotatable bonds is 4. The van der Waals surface area contributed by atoms with Gasteiger partial charge in [-0.1, -0.05) is 6.92 Å². The number of nitrogens with zero attached hydrogens (tertiary/aromatic N) is 2. The average molecular weight is 466 g/mol. The molecule has 174 valence electrons. The van der Waals surface area contributed by atoms with Crippen molar-refractivity contribution in [3.63, 3.8) is 0 Å². The molecule has 1 saturated carbocycles. The fraction of sp³-hybridized carbons (Fsp3) is 0.565. The summed E-state index contributed by atoms with van der Waals surface area (Å²) in [5.74, 6) is -1.56. The van der Waals surface area contributed by atoms with Gasteiger partial charge in [0.05, 0.1) is 18.0 Å². The Bertz CT molecular complexity index is 1140. The maximum Gasteiger partial charge on any atom is 0.341 e. The van der Waals surface area contributed by atoms with Crippen LogP contribution in [-0.4, -0.2) is 47.9 Å². The zero-order chi connectivity index (χ0) is 22.1. The Kier molecular flexibility index (Phi) is 5.45. The maximum atomic E-state index is 15.6. The summed E-state index contributed by atoms with van der Waals surface area (Å²) in [5, 5.41) is 13.2. The van der Waals surface area contributed by atoms with Gasteiger partial charge in [-0.25, -0.2) is 9.18 Å². The Morgan fingerprint density at radius 3 is 2.62 bits per heavy atom. The number of anilines is 1. The Balaban J connectivity index is 0.00000245. The van der Waals surface area contributed by atoms with Gasteiger partial charge in [-0.2, -0.15) is 0 Å². The number of pyridine rings is 1. The van der Waals surface area contributed by atoms with E-state index in [-0.39, 0.29) is 40.4 Å². The molecular weight excluding hydrogens is 437 g/mol. The van der Waals surface area contributed by atoms with Crippen LogP contribution in [-0.2, 0) is 0 Å². The van der Waals surface area contributed by atoms with Crippen LogP contribution in [0.4, 0.5) is 10.1 Å². The first-order valence-electron chi connectivity index (χ1n) is 10.9. The van der Waals surface area contributed by atoms with Crippen LogP contribution in [0.5, 0.6) is 5.75 Å². The molecule has 1 aromatic carbocycles. The molecule has 2 atom stereocenters. The second-order valence-electron chi connectivity index (χ2n) is 9.73. The van der Waals surface area contributed by atoms with Gasteiger partial charge in [0.1, 0.15) is 11.3 Å². The third kappa shape index (κ3) is 3.18. The van der Waals surface area contributed by atoms with Crippen molar-refractivity contribution < 1.29 is 19.0 Å². The number of methoxy groups -OCH3 is 1. The number of carbonyl (C=O) groups is 1. The molecule has 0 spiro atoms. The van der Waals surface area contributed by atoms with E-state index in [2.05, 4.69) is 19.2 Å². The first-order valence-corrected chi connectivity index (χ1v) is 10.9. The number of halogens is 2. The van der Waals surface area contributed by atoms with Gasteiger partial charge in [0.25, 0.3) is 0 Å².